The van der Waals surface area contributed by atoms with Gasteiger partial charge in [-0.1, -0.05) is 24.3 Å². The van der Waals surface area contributed by atoms with Crippen molar-refractivity contribution in [3.05, 3.63) is 82.5 Å². The number of para-hydroxylation sites is 1. The van der Waals surface area contributed by atoms with E-state index in [1.165, 1.54) is 16.7 Å². The normalized spacial score (nSPS) is 13.1. The number of aromatic nitrogens is 1. The number of nitrogens with zero attached hydrogens (tertiary/aromatic N) is 2. The molecule has 0 saturated heterocycles. The van der Waals surface area contributed by atoms with Gasteiger partial charge in [0.15, 0.2) is 5.84 Å². The van der Waals surface area contributed by atoms with Crippen LogP contribution in [0.25, 0.3) is 0 Å². The molecule has 0 bridgehead atoms. The summed E-state index contributed by atoms with van der Waals surface area (Å²) in [6, 6.07) is 15.4. The Labute approximate surface area is 182 Å². The van der Waals surface area contributed by atoms with Gasteiger partial charge in [-0.3, -0.25) is 15.7 Å². The van der Waals surface area contributed by atoms with Gasteiger partial charge in [0.25, 0.3) is 0 Å². The molecule has 160 valence electrons. The van der Waals surface area contributed by atoms with E-state index in [0.717, 1.165) is 36.3 Å². The van der Waals surface area contributed by atoms with Crippen molar-refractivity contribution in [1.82, 2.24) is 10.5 Å². The first kappa shape index (κ1) is 20.9. The molecule has 31 heavy (non-hydrogen) atoms. The Morgan fingerprint density at radius 2 is 1.90 bits per heavy atom. The number of amidine groups is 1. The van der Waals surface area contributed by atoms with Crippen molar-refractivity contribution in [1.29, 1.82) is 0 Å². The second kappa shape index (κ2) is 9.62. The van der Waals surface area contributed by atoms with Crippen LogP contribution in [0.5, 0.6) is 17.4 Å². The summed E-state index contributed by atoms with van der Waals surface area (Å²) in [6.45, 7) is 5.00. The summed E-state index contributed by atoms with van der Waals surface area (Å²) in [5.41, 5.74) is 7.66. The van der Waals surface area contributed by atoms with E-state index in [2.05, 4.69) is 28.4 Å². The molecule has 1 aliphatic carbocycles. The predicted molar refractivity (Wildman–Crippen MR) is 120 cm³/mol. The highest BCUT2D eigenvalue weighted by molar-refractivity contribution is 6.00. The standard InChI is InChI=1S/C25H27N3O3/c1-3-30-22-12-5-4-8-18(22)16-27-24(28-29)21-11-7-15-26-25(21)31-23-14-13-17(2)19-9-6-10-20(19)23/h4-5,7-8,11-15,29H,3,6,9-10,16H2,1-2H3,(H,27,28). The molecule has 3 aromatic rings. The fourth-order valence-corrected chi connectivity index (χ4v) is 3.98. The average Bonchev–Trinajstić information content (AvgIpc) is 3.29. The summed E-state index contributed by atoms with van der Waals surface area (Å²) in [4.78, 5) is 8.98. The summed E-state index contributed by atoms with van der Waals surface area (Å²) in [5.74, 6) is 2.29. The van der Waals surface area contributed by atoms with Gasteiger partial charge >= 0.3 is 0 Å². The number of fused-ring (bicyclic) bond motifs is 1. The van der Waals surface area contributed by atoms with Gasteiger partial charge in [-0.05, 0) is 74.1 Å². The zero-order chi connectivity index (χ0) is 21.6. The molecule has 0 fully saturated rings. The summed E-state index contributed by atoms with van der Waals surface area (Å²) in [6.07, 6.45) is 4.89. The molecule has 0 atom stereocenters. The monoisotopic (exact) mass is 417 g/mol. The maximum absolute atomic E-state index is 9.82. The molecule has 2 N–H and O–H groups in total. The summed E-state index contributed by atoms with van der Waals surface area (Å²) in [7, 11) is 0. The second-order valence-electron chi connectivity index (χ2n) is 7.47. The van der Waals surface area contributed by atoms with Crippen molar-refractivity contribution in [3.63, 3.8) is 0 Å². The van der Waals surface area contributed by atoms with Gasteiger partial charge in [0.05, 0.1) is 18.7 Å². The number of hydroxylamine groups is 1. The maximum atomic E-state index is 9.82. The molecule has 2 aromatic carbocycles. The average molecular weight is 418 g/mol. The number of aliphatic imine (C=N–C) groups is 1. The molecule has 1 aromatic heterocycles. The van der Waals surface area contributed by atoms with Crippen molar-refractivity contribution in [2.75, 3.05) is 6.61 Å². The van der Waals surface area contributed by atoms with Gasteiger partial charge in [-0.15, -0.1) is 0 Å². The van der Waals surface area contributed by atoms with Gasteiger partial charge in [0.1, 0.15) is 11.5 Å². The van der Waals surface area contributed by atoms with Crippen LogP contribution in [0.1, 0.15) is 41.2 Å². The molecule has 1 heterocycles. The molecule has 6 heteroatoms. The molecule has 0 aliphatic heterocycles. The maximum Gasteiger partial charge on any atom is 0.230 e. The van der Waals surface area contributed by atoms with Crippen LogP contribution in [0.3, 0.4) is 0 Å². The van der Waals surface area contributed by atoms with Gasteiger partial charge in [0.2, 0.25) is 5.88 Å². The summed E-state index contributed by atoms with van der Waals surface area (Å²) < 4.78 is 11.9. The molecular formula is C25H27N3O3. The predicted octanol–water partition coefficient (Wildman–Crippen LogP) is 5.00. The Bertz CT molecular complexity index is 1100. The number of pyridine rings is 1. The second-order valence-corrected chi connectivity index (χ2v) is 7.47. The van der Waals surface area contributed by atoms with E-state index in [4.69, 9.17) is 9.47 Å². The molecule has 0 radical (unpaired) electrons. The van der Waals surface area contributed by atoms with Crippen LogP contribution in [0.15, 0.2) is 59.7 Å². The molecule has 0 unspecified atom stereocenters. The quantitative estimate of drug-likeness (QED) is 0.322. The highest BCUT2D eigenvalue weighted by Crippen LogP contribution is 2.35. The van der Waals surface area contributed by atoms with Gasteiger partial charge < -0.3 is 9.47 Å². The summed E-state index contributed by atoms with van der Waals surface area (Å²) >= 11 is 0. The number of aryl methyl sites for hydroxylation is 1. The van der Waals surface area contributed by atoms with Crippen molar-refractivity contribution < 1.29 is 14.7 Å². The number of rotatable bonds is 7. The first-order valence-electron chi connectivity index (χ1n) is 10.6. The van der Waals surface area contributed by atoms with Crippen LogP contribution in [-0.4, -0.2) is 22.6 Å². The highest BCUT2D eigenvalue weighted by Gasteiger charge is 2.20. The first-order valence-corrected chi connectivity index (χ1v) is 10.6. The number of benzene rings is 2. The SMILES string of the molecule is CCOc1ccccc1CN=C(NO)c1cccnc1Oc1ccc(C)c2c1CCC2. The molecule has 1 aliphatic rings. The van der Waals surface area contributed by atoms with Gasteiger partial charge in [0, 0.05) is 11.8 Å². The van der Waals surface area contributed by atoms with E-state index in [1.807, 2.05) is 43.3 Å². The Balaban J connectivity index is 1.63. The Hall–Kier alpha value is -3.38. The van der Waals surface area contributed by atoms with E-state index in [-0.39, 0.29) is 5.84 Å². The molecule has 6 nitrogen and oxygen atoms in total. The minimum absolute atomic E-state index is 0.290. The third-order valence-electron chi connectivity index (χ3n) is 5.49. The summed E-state index contributed by atoms with van der Waals surface area (Å²) in [5, 5.41) is 9.82. The molecule has 0 saturated carbocycles. The lowest BCUT2D eigenvalue weighted by Crippen LogP contribution is -2.21. The van der Waals surface area contributed by atoms with Crippen molar-refractivity contribution in [2.24, 2.45) is 4.99 Å². The smallest absolute Gasteiger partial charge is 0.230 e. The first-order chi connectivity index (χ1) is 15.2. The fraction of sp³-hybridized carbons (Fsp3) is 0.280. The number of hydrogen-bond donors (Lipinski definition) is 2. The lowest BCUT2D eigenvalue weighted by molar-refractivity contribution is 0.234. The zero-order valence-electron chi connectivity index (χ0n) is 17.9. The van der Waals surface area contributed by atoms with Crippen LogP contribution < -0.4 is 15.0 Å². The van der Waals surface area contributed by atoms with E-state index < -0.39 is 0 Å². The Morgan fingerprint density at radius 1 is 1.06 bits per heavy atom. The molecule has 4 rings (SSSR count). The molecular weight excluding hydrogens is 390 g/mol. The van der Waals surface area contributed by atoms with Crippen molar-refractivity contribution in [2.45, 2.75) is 39.7 Å². The lowest BCUT2D eigenvalue weighted by Gasteiger charge is -2.15. The van der Waals surface area contributed by atoms with Crippen LogP contribution in [0.2, 0.25) is 0 Å². The third-order valence-corrected chi connectivity index (χ3v) is 5.49. The third kappa shape index (κ3) is 4.54. The lowest BCUT2D eigenvalue weighted by atomic mass is 10.0. The number of ether oxygens (including phenoxy) is 2. The van der Waals surface area contributed by atoms with E-state index in [9.17, 15) is 5.21 Å². The van der Waals surface area contributed by atoms with Crippen LogP contribution >= 0.6 is 0 Å². The van der Waals surface area contributed by atoms with Gasteiger partial charge in [-0.2, -0.15) is 0 Å². The number of nitrogens with one attached hydrogen (secondary N) is 1. The minimum atomic E-state index is 0.290. The fourth-order valence-electron chi connectivity index (χ4n) is 3.98. The zero-order valence-corrected chi connectivity index (χ0v) is 17.9. The largest absolute Gasteiger partial charge is 0.494 e. The van der Waals surface area contributed by atoms with Crippen LogP contribution in [0.4, 0.5) is 0 Å². The van der Waals surface area contributed by atoms with Crippen molar-refractivity contribution >= 4 is 5.84 Å². The van der Waals surface area contributed by atoms with Crippen LogP contribution in [-0.2, 0) is 19.4 Å². The van der Waals surface area contributed by atoms with E-state index in [1.54, 1.807) is 12.3 Å². The minimum Gasteiger partial charge on any atom is -0.494 e. The van der Waals surface area contributed by atoms with E-state index in [0.29, 0.717) is 24.6 Å². The van der Waals surface area contributed by atoms with E-state index >= 15 is 0 Å². The highest BCUT2D eigenvalue weighted by atomic mass is 16.5. The van der Waals surface area contributed by atoms with Crippen LogP contribution in [0, 0.1) is 6.92 Å². The van der Waals surface area contributed by atoms with Crippen molar-refractivity contribution in [3.8, 4) is 17.4 Å². The molecule has 0 spiro atoms. The van der Waals surface area contributed by atoms with Gasteiger partial charge in [-0.25, -0.2) is 4.98 Å². The molecule has 0 amide bonds. The number of hydrogen-bond acceptors (Lipinski definition) is 5. The Kier molecular flexibility index (Phi) is 6.48. The topological polar surface area (TPSA) is 76.0 Å². The Morgan fingerprint density at radius 3 is 2.74 bits per heavy atom.